The Balaban J connectivity index is 0.998. The Hall–Kier alpha value is -3.42. The molecule has 4 fully saturated rings. The second-order valence-electron chi connectivity index (χ2n) is 19.3. The van der Waals surface area contributed by atoms with Crippen molar-refractivity contribution in [2.45, 2.75) is 130 Å². The number of fused-ring (bicyclic) bond motifs is 6. The highest BCUT2D eigenvalue weighted by molar-refractivity contribution is 7.85. The van der Waals surface area contributed by atoms with Gasteiger partial charge in [-0.25, -0.2) is 0 Å². The van der Waals surface area contributed by atoms with Gasteiger partial charge in [-0.15, -0.1) is 0 Å². The van der Waals surface area contributed by atoms with Crippen LogP contribution in [0.5, 0.6) is 0 Å². The Morgan fingerprint density at radius 2 is 1.69 bits per heavy atom. The first kappa shape index (κ1) is 43.7. The van der Waals surface area contributed by atoms with E-state index in [1.54, 1.807) is 6.92 Å². The number of benzene rings is 2. The van der Waals surface area contributed by atoms with E-state index in [0.717, 1.165) is 47.0 Å². The van der Waals surface area contributed by atoms with Crippen LogP contribution in [0.1, 0.15) is 119 Å². The molecule has 1 heterocycles. The van der Waals surface area contributed by atoms with E-state index >= 15 is 0 Å². The highest BCUT2D eigenvalue weighted by Gasteiger charge is 2.66. The van der Waals surface area contributed by atoms with Gasteiger partial charge in [0.1, 0.15) is 0 Å². The molecule has 0 aliphatic heterocycles. The molecule has 2 aromatic carbocycles. The number of para-hydroxylation sites is 1. The van der Waals surface area contributed by atoms with Crippen molar-refractivity contribution >= 4 is 38.4 Å². The van der Waals surface area contributed by atoms with Crippen LogP contribution in [0.2, 0.25) is 0 Å². The van der Waals surface area contributed by atoms with Gasteiger partial charge in [-0.3, -0.25) is 19.1 Å². The largest absolute Gasteiger partial charge is 0.393 e. The molecule has 0 spiro atoms. The van der Waals surface area contributed by atoms with Crippen LogP contribution in [0.3, 0.4) is 0 Å². The lowest BCUT2D eigenvalue weighted by molar-refractivity contribution is -0.216. The lowest BCUT2D eigenvalue weighted by Gasteiger charge is -2.64. The van der Waals surface area contributed by atoms with Crippen molar-refractivity contribution in [3.05, 3.63) is 70.9 Å². The van der Waals surface area contributed by atoms with Gasteiger partial charge in [0.15, 0.2) is 5.78 Å². The Labute approximate surface area is 349 Å². The first-order chi connectivity index (χ1) is 27.8. The first-order valence-electron chi connectivity index (χ1n) is 21.9. The zero-order valence-corrected chi connectivity index (χ0v) is 36.2. The third-order valence-corrected chi connectivity index (χ3v) is 16.8. The van der Waals surface area contributed by atoms with E-state index in [0.29, 0.717) is 62.7 Å². The SMILES string of the molecule is CC(=O)c1c(C)nc2ccccc2c1NCc1ccccc1CC[C@]1(O)CC[C@]2(C)C(C[C@H](O)C3C2C[C@@H](O)[C@]2(C)C3CC[C@H]2[C@@H](C)CCC(=O)NCCS(=O)(=O)O)C1. The summed E-state index contributed by atoms with van der Waals surface area (Å²) in [6.07, 6.45) is 6.36. The number of nitrogens with zero attached hydrogens (tertiary/aromatic N) is 1. The molecule has 322 valence electrons. The molecule has 12 heteroatoms. The van der Waals surface area contributed by atoms with E-state index in [9.17, 15) is 33.3 Å². The van der Waals surface area contributed by atoms with Crippen molar-refractivity contribution in [2.75, 3.05) is 17.6 Å². The van der Waals surface area contributed by atoms with Gasteiger partial charge in [0.05, 0.1) is 46.0 Å². The number of hydrogen-bond acceptors (Lipinski definition) is 9. The van der Waals surface area contributed by atoms with Crippen molar-refractivity contribution in [1.29, 1.82) is 0 Å². The summed E-state index contributed by atoms with van der Waals surface area (Å²) in [5.74, 6) is 0.0470. The standard InChI is InChI=1S/C47H65N3O8S/c1-28(14-17-41(54)48-22-23-59(56,57)58)35-15-16-36-43-37(25-40(53)46(35,36)5)45(4)20-21-47(55,26-33(45)24-39(43)52)19-18-31-10-6-7-11-32(31)27-49-44-34-12-8-9-13-38(34)50-29(2)42(44)30(3)51/h6-13,28,33,35-37,39-40,43,52-53,55H,14-27H2,1-5H3,(H,48,54)(H,49,50)(H,56,57,58)/t28-,33?,35-,36?,37?,39-,40+,43?,45+,46-,47-/m0/s1. The maximum absolute atomic E-state index is 12.8. The lowest BCUT2D eigenvalue weighted by Crippen LogP contribution is -2.63. The smallest absolute Gasteiger partial charge is 0.266 e. The van der Waals surface area contributed by atoms with Crippen molar-refractivity contribution < 1.29 is 37.9 Å². The number of anilines is 1. The number of aliphatic hydroxyl groups is 3. The van der Waals surface area contributed by atoms with E-state index in [4.69, 9.17) is 4.55 Å². The van der Waals surface area contributed by atoms with Gasteiger partial charge < -0.3 is 26.0 Å². The average Bonchev–Trinajstić information content (AvgIpc) is 3.54. The molecule has 1 amide bonds. The summed E-state index contributed by atoms with van der Waals surface area (Å²) < 4.78 is 31.1. The molecule has 11 atom stereocenters. The molecule has 0 saturated heterocycles. The van der Waals surface area contributed by atoms with Crippen LogP contribution >= 0.6 is 0 Å². The van der Waals surface area contributed by atoms with Crippen molar-refractivity contribution in [3.8, 4) is 0 Å². The van der Waals surface area contributed by atoms with E-state index in [1.807, 2.05) is 43.3 Å². The van der Waals surface area contributed by atoms with Gasteiger partial charge >= 0.3 is 0 Å². The molecule has 4 saturated carbocycles. The lowest BCUT2D eigenvalue weighted by atomic mass is 9.42. The Bertz CT molecular complexity index is 2160. The summed E-state index contributed by atoms with van der Waals surface area (Å²) in [7, 11) is -4.14. The zero-order valence-electron chi connectivity index (χ0n) is 35.4. The number of aromatic nitrogens is 1. The fourth-order valence-corrected chi connectivity index (χ4v) is 13.3. The van der Waals surface area contributed by atoms with Gasteiger partial charge in [-0.05, 0) is 142 Å². The molecule has 4 aliphatic carbocycles. The minimum Gasteiger partial charge on any atom is -0.393 e. The first-order valence-corrected chi connectivity index (χ1v) is 23.5. The van der Waals surface area contributed by atoms with Gasteiger partial charge in [-0.2, -0.15) is 8.42 Å². The number of carbonyl (C=O) groups excluding carboxylic acids is 2. The predicted octanol–water partition coefficient (Wildman–Crippen LogP) is 7.04. The third kappa shape index (κ3) is 8.58. The number of aliphatic hydroxyl groups excluding tert-OH is 2. The summed E-state index contributed by atoms with van der Waals surface area (Å²) >= 11 is 0. The number of aryl methyl sites for hydroxylation is 2. The highest BCUT2D eigenvalue weighted by Crippen LogP contribution is 2.69. The molecular formula is C47H65N3O8S. The number of rotatable bonds is 14. The zero-order chi connectivity index (χ0) is 42.5. The third-order valence-electron chi connectivity index (χ3n) is 16.1. The fraction of sp³-hybridized carbons (Fsp3) is 0.638. The quantitative estimate of drug-likeness (QED) is 0.0727. The van der Waals surface area contributed by atoms with Crippen LogP contribution in [0, 0.1) is 53.3 Å². The summed E-state index contributed by atoms with van der Waals surface area (Å²) in [4.78, 5) is 30.0. The molecule has 4 aliphatic rings. The second-order valence-corrected chi connectivity index (χ2v) is 20.9. The molecule has 59 heavy (non-hydrogen) atoms. The van der Waals surface area contributed by atoms with Crippen LogP contribution in [-0.4, -0.2) is 75.1 Å². The summed E-state index contributed by atoms with van der Waals surface area (Å²) in [5, 5.41) is 43.5. The fourth-order valence-electron chi connectivity index (χ4n) is 12.9. The van der Waals surface area contributed by atoms with Crippen LogP contribution < -0.4 is 10.6 Å². The van der Waals surface area contributed by atoms with Crippen LogP contribution in [0.15, 0.2) is 48.5 Å². The van der Waals surface area contributed by atoms with Gasteiger partial charge in [-0.1, -0.05) is 63.2 Å². The molecule has 7 rings (SSSR count). The van der Waals surface area contributed by atoms with Gasteiger partial charge in [0, 0.05) is 24.9 Å². The molecule has 0 bridgehead atoms. The highest BCUT2D eigenvalue weighted by atomic mass is 32.2. The van der Waals surface area contributed by atoms with Crippen LogP contribution in [0.4, 0.5) is 5.69 Å². The van der Waals surface area contributed by atoms with Crippen molar-refractivity contribution in [3.63, 3.8) is 0 Å². The van der Waals surface area contributed by atoms with E-state index in [1.165, 1.54) is 0 Å². The minimum absolute atomic E-state index is 0.0318. The summed E-state index contributed by atoms with van der Waals surface area (Å²) in [6, 6.07) is 16.2. The number of hydrogen-bond donors (Lipinski definition) is 6. The number of amides is 1. The number of pyridine rings is 1. The van der Waals surface area contributed by atoms with E-state index in [-0.39, 0.29) is 71.0 Å². The number of ketones is 1. The Morgan fingerprint density at radius 1 is 0.983 bits per heavy atom. The van der Waals surface area contributed by atoms with Gasteiger partial charge in [0.2, 0.25) is 5.91 Å². The number of nitrogens with one attached hydrogen (secondary N) is 2. The Morgan fingerprint density at radius 3 is 2.42 bits per heavy atom. The monoisotopic (exact) mass is 831 g/mol. The van der Waals surface area contributed by atoms with Crippen LogP contribution in [-0.2, 0) is 27.9 Å². The normalized spacial score (nSPS) is 33.4. The maximum atomic E-state index is 12.8. The molecular weight excluding hydrogens is 767 g/mol. The average molecular weight is 832 g/mol. The molecule has 0 radical (unpaired) electrons. The molecule has 3 aromatic rings. The maximum Gasteiger partial charge on any atom is 0.266 e. The van der Waals surface area contributed by atoms with E-state index in [2.05, 4.69) is 48.5 Å². The van der Waals surface area contributed by atoms with Gasteiger partial charge in [0.25, 0.3) is 10.1 Å². The predicted molar refractivity (Wildman–Crippen MR) is 229 cm³/mol. The summed E-state index contributed by atoms with van der Waals surface area (Å²) in [5.41, 5.74) is 3.84. The molecule has 1 aromatic heterocycles. The van der Waals surface area contributed by atoms with E-state index < -0.39 is 33.7 Å². The number of carbonyl (C=O) groups is 2. The van der Waals surface area contributed by atoms with Crippen molar-refractivity contribution in [2.24, 2.45) is 46.3 Å². The van der Waals surface area contributed by atoms with Crippen LogP contribution in [0.25, 0.3) is 10.9 Å². The topological polar surface area (TPSA) is 186 Å². The minimum atomic E-state index is -4.14. The number of Topliss-reactive ketones (excluding diaryl/α,β-unsaturated/α-hetero) is 1. The second kappa shape index (κ2) is 16.8. The Kier molecular flexibility index (Phi) is 12.4. The molecule has 11 nitrogen and oxygen atoms in total. The summed E-state index contributed by atoms with van der Waals surface area (Å²) in [6.45, 7) is 10.5. The molecule has 4 unspecified atom stereocenters. The molecule has 6 N–H and O–H groups in total. The van der Waals surface area contributed by atoms with Crippen molar-refractivity contribution in [1.82, 2.24) is 10.3 Å².